The van der Waals surface area contributed by atoms with Crippen molar-refractivity contribution in [1.29, 1.82) is 0 Å². The van der Waals surface area contributed by atoms with Gasteiger partial charge in [-0.2, -0.15) is 0 Å². The lowest BCUT2D eigenvalue weighted by Crippen LogP contribution is -1.87. The first kappa shape index (κ1) is 13.4. The van der Waals surface area contributed by atoms with Crippen molar-refractivity contribution in [2.24, 2.45) is 0 Å². The largest absolute Gasteiger partial charge is 0.464 e. The van der Waals surface area contributed by atoms with Crippen LogP contribution in [-0.2, 0) is 6.42 Å². The number of fused-ring (bicyclic) bond motifs is 1. The summed E-state index contributed by atoms with van der Waals surface area (Å²) >= 11 is 6.00. The molecule has 0 bridgehead atoms. The van der Waals surface area contributed by atoms with Crippen LogP contribution in [0, 0.1) is 6.92 Å². The summed E-state index contributed by atoms with van der Waals surface area (Å²) in [4.78, 5) is 0. The average molecular weight is 307 g/mol. The molecule has 1 aromatic heterocycles. The van der Waals surface area contributed by atoms with Crippen molar-refractivity contribution in [1.82, 2.24) is 0 Å². The van der Waals surface area contributed by atoms with Crippen molar-refractivity contribution in [2.75, 3.05) is 0 Å². The number of hydrogen-bond acceptors (Lipinski definition) is 1. The fourth-order valence-corrected chi connectivity index (χ4v) is 3.22. The van der Waals surface area contributed by atoms with E-state index in [0.717, 1.165) is 17.2 Å². The van der Waals surface area contributed by atoms with Crippen molar-refractivity contribution >= 4 is 23.3 Å². The summed E-state index contributed by atoms with van der Waals surface area (Å²) < 4.78 is 5.66. The minimum atomic E-state index is 0.763. The van der Waals surface area contributed by atoms with Crippen LogP contribution in [0.25, 0.3) is 22.8 Å². The second-order valence-corrected chi connectivity index (χ2v) is 6.10. The topological polar surface area (TPSA) is 13.1 Å². The molecule has 0 fully saturated rings. The van der Waals surface area contributed by atoms with E-state index in [4.69, 9.17) is 16.0 Å². The number of furan rings is 1. The summed E-state index contributed by atoms with van der Waals surface area (Å²) in [5.41, 5.74) is 7.50. The number of benzene rings is 2. The van der Waals surface area contributed by atoms with Gasteiger partial charge in [0.15, 0.2) is 0 Å². The highest BCUT2D eigenvalue weighted by molar-refractivity contribution is 6.30. The molecule has 2 aromatic carbocycles. The van der Waals surface area contributed by atoms with E-state index in [-0.39, 0.29) is 0 Å². The lowest BCUT2D eigenvalue weighted by Gasteiger charge is -2.07. The van der Waals surface area contributed by atoms with E-state index in [1.54, 1.807) is 6.26 Å². The SMILES string of the molecule is Cc1ccoc1C1=Cc2c(cccc2-c2ccc(Cl)cc2)C1. The van der Waals surface area contributed by atoms with E-state index >= 15 is 0 Å². The molecular weight excluding hydrogens is 292 g/mol. The van der Waals surface area contributed by atoms with Gasteiger partial charge in [0.2, 0.25) is 0 Å². The predicted octanol–water partition coefficient (Wildman–Crippen LogP) is 6.01. The summed E-state index contributed by atoms with van der Waals surface area (Å²) in [5, 5.41) is 0.763. The molecule has 1 nitrogen and oxygen atoms in total. The Morgan fingerprint density at radius 3 is 2.55 bits per heavy atom. The molecule has 0 aliphatic heterocycles. The van der Waals surface area contributed by atoms with Gasteiger partial charge in [-0.1, -0.05) is 41.9 Å². The molecule has 0 saturated carbocycles. The molecular formula is C20H15ClO. The van der Waals surface area contributed by atoms with Gasteiger partial charge in [-0.15, -0.1) is 0 Å². The third kappa shape index (κ3) is 2.18. The summed E-state index contributed by atoms with van der Waals surface area (Å²) in [7, 11) is 0. The standard InChI is InChI=1S/C20H15ClO/c1-13-9-10-22-20(13)16-11-15-3-2-4-18(19(15)12-16)14-5-7-17(21)8-6-14/h2-10,12H,11H2,1H3. The van der Waals surface area contributed by atoms with Crippen LogP contribution < -0.4 is 0 Å². The quantitative estimate of drug-likeness (QED) is 0.565. The van der Waals surface area contributed by atoms with Crippen molar-refractivity contribution in [3.05, 3.63) is 82.3 Å². The maximum atomic E-state index is 6.00. The smallest absolute Gasteiger partial charge is 0.133 e. The monoisotopic (exact) mass is 306 g/mol. The zero-order valence-electron chi connectivity index (χ0n) is 12.3. The fourth-order valence-electron chi connectivity index (χ4n) is 3.10. The lowest BCUT2D eigenvalue weighted by molar-refractivity contribution is 0.550. The zero-order valence-corrected chi connectivity index (χ0v) is 13.0. The van der Waals surface area contributed by atoms with Crippen molar-refractivity contribution in [3.8, 4) is 11.1 Å². The first-order chi connectivity index (χ1) is 10.7. The number of rotatable bonds is 2. The van der Waals surface area contributed by atoms with Gasteiger partial charge < -0.3 is 4.42 Å². The number of allylic oxidation sites excluding steroid dienone is 1. The first-order valence-electron chi connectivity index (χ1n) is 7.35. The van der Waals surface area contributed by atoms with E-state index in [1.807, 2.05) is 18.2 Å². The van der Waals surface area contributed by atoms with Gasteiger partial charge in [-0.25, -0.2) is 0 Å². The highest BCUT2D eigenvalue weighted by Gasteiger charge is 2.20. The second kappa shape index (κ2) is 5.19. The molecule has 22 heavy (non-hydrogen) atoms. The highest BCUT2D eigenvalue weighted by Crippen LogP contribution is 2.38. The number of halogens is 1. The van der Waals surface area contributed by atoms with Crippen LogP contribution in [0.1, 0.15) is 22.5 Å². The van der Waals surface area contributed by atoms with Crippen LogP contribution in [-0.4, -0.2) is 0 Å². The fraction of sp³-hybridized carbons (Fsp3) is 0.100. The van der Waals surface area contributed by atoms with Crippen molar-refractivity contribution in [2.45, 2.75) is 13.3 Å². The Morgan fingerprint density at radius 1 is 1.00 bits per heavy atom. The maximum Gasteiger partial charge on any atom is 0.133 e. The molecule has 4 rings (SSSR count). The Balaban J connectivity index is 1.82. The first-order valence-corrected chi connectivity index (χ1v) is 7.73. The molecule has 2 heteroatoms. The molecule has 0 amide bonds. The molecule has 0 N–H and O–H groups in total. The average Bonchev–Trinajstić information content (AvgIpc) is 3.13. The van der Waals surface area contributed by atoms with Gasteiger partial charge in [0.05, 0.1) is 6.26 Å². The minimum Gasteiger partial charge on any atom is -0.464 e. The third-order valence-corrected chi connectivity index (χ3v) is 4.46. The molecule has 1 aliphatic carbocycles. The van der Waals surface area contributed by atoms with Gasteiger partial charge >= 0.3 is 0 Å². The Morgan fingerprint density at radius 2 is 1.82 bits per heavy atom. The van der Waals surface area contributed by atoms with E-state index < -0.39 is 0 Å². The number of aryl methyl sites for hydroxylation is 1. The van der Waals surface area contributed by atoms with Crippen molar-refractivity contribution < 1.29 is 4.42 Å². The summed E-state index contributed by atoms with van der Waals surface area (Å²) in [6.07, 6.45) is 4.94. The van der Waals surface area contributed by atoms with E-state index in [1.165, 1.54) is 33.4 Å². The molecule has 1 aliphatic rings. The van der Waals surface area contributed by atoms with Gasteiger partial charge in [0.1, 0.15) is 5.76 Å². The summed E-state index contributed by atoms with van der Waals surface area (Å²) in [6.45, 7) is 2.09. The number of hydrogen-bond donors (Lipinski definition) is 0. The third-order valence-electron chi connectivity index (χ3n) is 4.20. The van der Waals surface area contributed by atoms with Crippen LogP contribution in [0.4, 0.5) is 0 Å². The Hall–Kier alpha value is -2.25. The van der Waals surface area contributed by atoms with Crippen LogP contribution in [0.2, 0.25) is 5.02 Å². The molecule has 108 valence electrons. The van der Waals surface area contributed by atoms with Gasteiger partial charge in [0.25, 0.3) is 0 Å². The van der Waals surface area contributed by atoms with Crippen LogP contribution in [0.15, 0.2) is 59.2 Å². The van der Waals surface area contributed by atoms with E-state index in [9.17, 15) is 0 Å². The molecule has 0 saturated heterocycles. The molecule has 0 atom stereocenters. The maximum absolute atomic E-state index is 6.00. The van der Waals surface area contributed by atoms with Gasteiger partial charge in [-0.3, -0.25) is 0 Å². The Bertz CT molecular complexity index is 869. The molecule has 3 aromatic rings. The van der Waals surface area contributed by atoms with Crippen LogP contribution in [0.5, 0.6) is 0 Å². The summed E-state index contributed by atoms with van der Waals surface area (Å²) in [5.74, 6) is 0.998. The van der Waals surface area contributed by atoms with Gasteiger partial charge in [-0.05, 0) is 59.0 Å². The predicted molar refractivity (Wildman–Crippen MR) is 91.9 cm³/mol. The second-order valence-electron chi connectivity index (χ2n) is 5.66. The van der Waals surface area contributed by atoms with Crippen LogP contribution >= 0.6 is 11.6 Å². The normalized spacial score (nSPS) is 13.1. The van der Waals surface area contributed by atoms with E-state index in [2.05, 4.69) is 43.3 Å². The highest BCUT2D eigenvalue weighted by atomic mass is 35.5. The molecule has 1 heterocycles. The van der Waals surface area contributed by atoms with Crippen LogP contribution in [0.3, 0.4) is 0 Å². The van der Waals surface area contributed by atoms with Gasteiger partial charge in [0, 0.05) is 17.0 Å². The Labute approximate surface area is 134 Å². The summed E-state index contributed by atoms with van der Waals surface area (Å²) in [6, 6.07) is 16.5. The Kier molecular flexibility index (Phi) is 3.16. The van der Waals surface area contributed by atoms with E-state index in [0.29, 0.717) is 0 Å². The lowest BCUT2D eigenvalue weighted by atomic mass is 9.97. The molecule has 0 radical (unpaired) electrons. The zero-order chi connectivity index (χ0) is 15.1. The molecule has 0 spiro atoms. The molecule has 0 unspecified atom stereocenters. The van der Waals surface area contributed by atoms with Crippen molar-refractivity contribution in [3.63, 3.8) is 0 Å². The minimum absolute atomic E-state index is 0.763.